The Labute approximate surface area is 109 Å². The highest BCUT2D eigenvalue weighted by atomic mass is 16.3. The Morgan fingerprint density at radius 3 is 2.89 bits per heavy atom. The van der Waals surface area contributed by atoms with Gasteiger partial charge in [-0.15, -0.1) is 0 Å². The molecule has 1 saturated carbocycles. The lowest BCUT2D eigenvalue weighted by Gasteiger charge is -2.20. The third-order valence-corrected chi connectivity index (χ3v) is 3.82. The maximum atomic E-state index is 11.7. The molecule has 1 fully saturated rings. The van der Waals surface area contributed by atoms with Gasteiger partial charge >= 0.3 is 0 Å². The number of hydrogen-bond donors (Lipinski definition) is 1. The molecule has 2 rings (SSSR count). The summed E-state index contributed by atoms with van der Waals surface area (Å²) >= 11 is 0. The van der Waals surface area contributed by atoms with E-state index in [2.05, 4.69) is 5.32 Å². The van der Waals surface area contributed by atoms with E-state index in [0.717, 1.165) is 24.3 Å². The van der Waals surface area contributed by atoms with Crippen LogP contribution in [0.1, 0.15) is 50.5 Å². The van der Waals surface area contributed by atoms with Crippen LogP contribution in [0.15, 0.2) is 23.0 Å². The number of hydrogen-bond acceptors (Lipinski definition) is 2. The first kappa shape index (κ1) is 13.2. The van der Waals surface area contributed by atoms with Crippen molar-refractivity contribution in [1.82, 2.24) is 5.32 Å². The Kier molecular flexibility index (Phi) is 5.31. The van der Waals surface area contributed by atoms with Gasteiger partial charge in [-0.05, 0) is 30.4 Å². The standard InChI is InChI=1S/C15H23NO2/c17-15(7-6-13-4-2-1-3-5-13)16-10-8-14-9-11-18-12-14/h9,11-13H,1-8,10H2,(H,16,17). The molecule has 0 unspecified atom stereocenters. The molecular weight excluding hydrogens is 226 g/mol. The fraction of sp³-hybridized carbons (Fsp3) is 0.667. The average molecular weight is 249 g/mol. The van der Waals surface area contributed by atoms with E-state index >= 15 is 0 Å². The van der Waals surface area contributed by atoms with Crippen LogP contribution < -0.4 is 5.32 Å². The molecule has 100 valence electrons. The minimum absolute atomic E-state index is 0.198. The minimum atomic E-state index is 0.198. The van der Waals surface area contributed by atoms with Gasteiger partial charge in [0.2, 0.25) is 5.91 Å². The smallest absolute Gasteiger partial charge is 0.220 e. The molecule has 1 N–H and O–H groups in total. The van der Waals surface area contributed by atoms with Crippen molar-refractivity contribution in [2.45, 2.75) is 51.4 Å². The number of carbonyl (C=O) groups excluding carboxylic acids is 1. The third-order valence-electron chi connectivity index (χ3n) is 3.82. The molecule has 0 aliphatic heterocycles. The molecule has 0 atom stereocenters. The van der Waals surface area contributed by atoms with Crippen molar-refractivity contribution in [3.8, 4) is 0 Å². The first-order chi connectivity index (χ1) is 8.84. The summed E-state index contributed by atoms with van der Waals surface area (Å²) in [4.78, 5) is 11.7. The Hall–Kier alpha value is -1.25. The van der Waals surface area contributed by atoms with Crippen LogP contribution in [0, 0.1) is 5.92 Å². The molecule has 0 aromatic carbocycles. The van der Waals surface area contributed by atoms with Gasteiger partial charge in [0, 0.05) is 13.0 Å². The van der Waals surface area contributed by atoms with Gasteiger partial charge < -0.3 is 9.73 Å². The highest BCUT2D eigenvalue weighted by Gasteiger charge is 2.14. The first-order valence-corrected chi connectivity index (χ1v) is 7.12. The lowest BCUT2D eigenvalue weighted by Crippen LogP contribution is -2.26. The van der Waals surface area contributed by atoms with Crippen molar-refractivity contribution in [1.29, 1.82) is 0 Å². The van der Waals surface area contributed by atoms with Crippen LogP contribution in [0.25, 0.3) is 0 Å². The van der Waals surface area contributed by atoms with E-state index in [1.807, 2.05) is 6.07 Å². The SMILES string of the molecule is O=C(CCC1CCCCC1)NCCc1ccoc1. The summed E-state index contributed by atoms with van der Waals surface area (Å²) < 4.78 is 4.99. The maximum Gasteiger partial charge on any atom is 0.220 e. The summed E-state index contributed by atoms with van der Waals surface area (Å²) in [5.41, 5.74) is 1.14. The number of rotatable bonds is 6. The van der Waals surface area contributed by atoms with Crippen molar-refractivity contribution in [3.05, 3.63) is 24.2 Å². The highest BCUT2D eigenvalue weighted by molar-refractivity contribution is 5.75. The van der Waals surface area contributed by atoms with Gasteiger partial charge in [-0.3, -0.25) is 4.79 Å². The van der Waals surface area contributed by atoms with E-state index in [-0.39, 0.29) is 5.91 Å². The summed E-state index contributed by atoms with van der Waals surface area (Å²) in [6.45, 7) is 0.711. The zero-order valence-corrected chi connectivity index (χ0v) is 11.0. The molecule has 3 heteroatoms. The summed E-state index contributed by atoms with van der Waals surface area (Å²) in [6, 6.07) is 1.94. The molecule has 0 spiro atoms. The van der Waals surface area contributed by atoms with Crippen LogP contribution in [0.4, 0.5) is 0 Å². The van der Waals surface area contributed by atoms with Gasteiger partial charge in [0.05, 0.1) is 12.5 Å². The largest absolute Gasteiger partial charge is 0.472 e. The molecule has 1 aliphatic rings. The highest BCUT2D eigenvalue weighted by Crippen LogP contribution is 2.27. The Balaban J connectivity index is 1.54. The Bertz CT molecular complexity index is 339. The first-order valence-electron chi connectivity index (χ1n) is 7.12. The van der Waals surface area contributed by atoms with E-state index in [1.165, 1.54) is 32.1 Å². The number of furan rings is 1. The van der Waals surface area contributed by atoms with Crippen molar-refractivity contribution in [3.63, 3.8) is 0 Å². The molecule has 1 aromatic heterocycles. The lowest BCUT2D eigenvalue weighted by molar-refractivity contribution is -0.121. The van der Waals surface area contributed by atoms with Crippen LogP contribution in [-0.4, -0.2) is 12.5 Å². The fourth-order valence-electron chi connectivity index (χ4n) is 2.68. The normalized spacial score (nSPS) is 16.7. The molecule has 0 bridgehead atoms. The number of nitrogens with one attached hydrogen (secondary N) is 1. The Morgan fingerprint density at radius 1 is 1.33 bits per heavy atom. The van der Waals surface area contributed by atoms with E-state index < -0.39 is 0 Å². The van der Waals surface area contributed by atoms with Crippen molar-refractivity contribution in [2.75, 3.05) is 6.54 Å². The topological polar surface area (TPSA) is 42.2 Å². The van der Waals surface area contributed by atoms with Gasteiger partial charge in [-0.2, -0.15) is 0 Å². The fourth-order valence-corrected chi connectivity index (χ4v) is 2.68. The van der Waals surface area contributed by atoms with E-state index in [4.69, 9.17) is 4.42 Å². The predicted octanol–water partition coefficient (Wildman–Crippen LogP) is 3.30. The van der Waals surface area contributed by atoms with Crippen LogP contribution >= 0.6 is 0 Å². The van der Waals surface area contributed by atoms with E-state index in [1.54, 1.807) is 12.5 Å². The second-order valence-electron chi connectivity index (χ2n) is 5.27. The van der Waals surface area contributed by atoms with Crippen molar-refractivity contribution in [2.24, 2.45) is 5.92 Å². The minimum Gasteiger partial charge on any atom is -0.472 e. The predicted molar refractivity (Wildman–Crippen MR) is 71.2 cm³/mol. The van der Waals surface area contributed by atoms with Crippen LogP contribution in [0.5, 0.6) is 0 Å². The lowest BCUT2D eigenvalue weighted by atomic mass is 9.86. The van der Waals surface area contributed by atoms with Crippen molar-refractivity contribution < 1.29 is 9.21 Å². The maximum absolute atomic E-state index is 11.7. The van der Waals surface area contributed by atoms with Crippen LogP contribution in [0.2, 0.25) is 0 Å². The molecule has 18 heavy (non-hydrogen) atoms. The third kappa shape index (κ3) is 4.55. The molecule has 1 amide bonds. The molecule has 1 heterocycles. The molecule has 3 nitrogen and oxygen atoms in total. The molecule has 1 aromatic rings. The monoisotopic (exact) mass is 249 g/mol. The van der Waals surface area contributed by atoms with E-state index in [0.29, 0.717) is 13.0 Å². The summed E-state index contributed by atoms with van der Waals surface area (Å²) in [5.74, 6) is 0.988. The van der Waals surface area contributed by atoms with Gasteiger partial charge in [-0.1, -0.05) is 32.1 Å². The molecule has 0 saturated heterocycles. The average Bonchev–Trinajstić information content (AvgIpc) is 2.91. The second-order valence-corrected chi connectivity index (χ2v) is 5.27. The summed E-state index contributed by atoms with van der Waals surface area (Å²) in [6.07, 6.45) is 12.7. The summed E-state index contributed by atoms with van der Waals surface area (Å²) in [7, 11) is 0. The zero-order valence-electron chi connectivity index (χ0n) is 11.0. The van der Waals surface area contributed by atoms with Gasteiger partial charge in [0.15, 0.2) is 0 Å². The van der Waals surface area contributed by atoms with Crippen LogP contribution in [0.3, 0.4) is 0 Å². The molecular formula is C15H23NO2. The quantitative estimate of drug-likeness (QED) is 0.840. The van der Waals surface area contributed by atoms with E-state index in [9.17, 15) is 4.79 Å². The summed E-state index contributed by atoms with van der Waals surface area (Å²) in [5, 5.41) is 2.98. The number of amides is 1. The van der Waals surface area contributed by atoms with Gasteiger partial charge in [-0.25, -0.2) is 0 Å². The Morgan fingerprint density at radius 2 is 2.17 bits per heavy atom. The zero-order chi connectivity index (χ0) is 12.6. The second kappa shape index (κ2) is 7.24. The molecule has 0 radical (unpaired) electrons. The van der Waals surface area contributed by atoms with Gasteiger partial charge in [0.1, 0.15) is 0 Å². The van der Waals surface area contributed by atoms with Crippen molar-refractivity contribution >= 4 is 5.91 Å². The number of carbonyl (C=O) groups is 1. The molecule has 1 aliphatic carbocycles. The van der Waals surface area contributed by atoms with Gasteiger partial charge in [0.25, 0.3) is 0 Å². The van der Waals surface area contributed by atoms with Crippen LogP contribution in [-0.2, 0) is 11.2 Å².